The van der Waals surface area contributed by atoms with E-state index in [1.54, 1.807) is 42.3 Å². The minimum absolute atomic E-state index is 0.156. The Morgan fingerprint density at radius 1 is 1.16 bits per heavy atom. The first-order chi connectivity index (χ1) is 12.0. The van der Waals surface area contributed by atoms with Crippen LogP contribution in [-0.4, -0.2) is 45.5 Å². The molecule has 1 fully saturated rings. The molecule has 25 heavy (non-hydrogen) atoms. The van der Waals surface area contributed by atoms with Crippen molar-refractivity contribution in [1.29, 1.82) is 0 Å². The van der Waals surface area contributed by atoms with Crippen molar-refractivity contribution < 1.29 is 14.3 Å². The van der Waals surface area contributed by atoms with Gasteiger partial charge in [-0.1, -0.05) is 0 Å². The maximum atomic E-state index is 12.2. The smallest absolute Gasteiger partial charge is 0.338 e. The van der Waals surface area contributed by atoms with Gasteiger partial charge in [0.1, 0.15) is 0 Å². The molecular weight excluding hydrogens is 322 g/mol. The van der Waals surface area contributed by atoms with E-state index in [0.29, 0.717) is 11.3 Å². The molecule has 2 heterocycles. The quantitative estimate of drug-likeness (QED) is 0.856. The Hall–Kier alpha value is -2.83. The molecule has 1 atom stereocenters. The summed E-state index contributed by atoms with van der Waals surface area (Å²) in [6, 6.07) is 6.52. The number of amides is 1. The van der Waals surface area contributed by atoms with Gasteiger partial charge >= 0.3 is 11.7 Å². The van der Waals surface area contributed by atoms with Gasteiger partial charge < -0.3 is 14.6 Å². The minimum Gasteiger partial charge on any atom is -0.449 e. The van der Waals surface area contributed by atoms with Crippen LogP contribution in [0, 0.1) is 6.92 Å². The SMILES string of the molecule is Cc1c[nH]c(=O)n1-c1ccc(C(=O)OC(C)C(=O)N2CCCC2)cc1. The first-order valence-electron chi connectivity index (χ1n) is 8.34. The lowest BCUT2D eigenvalue weighted by molar-refractivity contribution is -0.138. The molecule has 132 valence electrons. The molecule has 1 amide bonds. The van der Waals surface area contributed by atoms with Crippen LogP contribution >= 0.6 is 0 Å². The van der Waals surface area contributed by atoms with Crippen LogP contribution in [0.25, 0.3) is 5.69 Å². The molecule has 0 radical (unpaired) electrons. The second-order valence-electron chi connectivity index (χ2n) is 6.20. The van der Waals surface area contributed by atoms with E-state index in [1.165, 1.54) is 4.57 Å². The molecule has 2 aromatic rings. The number of hydrogen-bond acceptors (Lipinski definition) is 4. The van der Waals surface area contributed by atoms with Gasteiger partial charge in [-0.2, -0.15) is 0 Å². The van der Waals surface area contributed by atoms with Crippen molar-refractivity contribution in [3.8, 4) is 5.69 Å². The molecular formula is C18H21N3O4. The Morgan fingerprint density at radius 3 is 2.36 bits per heavy atom. The zero-order chi connectivity index (χ0) is 18.0. The van der Waals surface area contributed by atoms with E-state index in [-0.39, 0.29) is 11.6 Å². The molecule has 1 saturated heterocycles. The molecule has 1 N–H and O–H groups in total. The zero-order valence-electron chi connectivity index (χ0n) is 14.3. The fraction of sp³-hybridized carbons (Fsp3) is 0.389. The second kappa shape index (κ2) is 6.96. The molecule has 1 aliphatic heterocycles. The molecule has 0 saturated carbocycles. The summed E-state index contributed by atoms with van der Waals surface area (Å²) in [7, 11) is 0. The Kier molecular flexibility index (Phi) is 4.74. The maximum Gasteiger partial charge on any atom is 0.338 e. The fourth-order valence-corrected chi connectivity index (χ4v) is 3.00. The van der Waals surface area contributed by atoms with E-state index < -0.39 is 12.1 Å². The first-order valence-corrected chi connectivity index (χ1v) is 8.34. The topological polar surface area (TPSA) is 84.4 Å². The number of hydrogen-bond donors (Lipinski definition) is 1. The molecule has 7 nitrogen and oxygen atoms in total. The number of nitrogens with zero attached hydrogens (tertiary/aromatic N) is 2. The van der Waals surface area contributed by atoms with Crippen molar-refractivity contribution in [3.63, 3.8) is 0 Å². The molecule has 0 aliphatic carbocycles. The Labute approximate surface area is 145 Å². The van der Waals surface area contributed by atoms with Crippen LogP contribution in [0.1, 0.15) is 35.8 Å². The second-order valence-corrected chi connectivity index (χ2v) is 6.20. The summed E-state index contributed by atoms with van der Waals surface area (Å²) in [5.74, 6) is -0.707. The highest BCUT2D eigenvalue weighted by atomic mass is 16.5. The Bertz CT molecular complexity index is 829. The third kappa shape index (κ3) is 3.50. The molecule has 1 aromatic carbocycles. The van der Waals surface area contributed by atoms with Crippen LogP contribution < -0.4 is 5.69 Å². The molecule has 7 heteroatoms. The van der Waals surface area contributed by atoms with Gasteiger partial charge in [-0.05, 0) is 51.0 Å². The molecule has 0 spiro atoms. The summed E-state index contributed by atoms with van der Waals surface area (Å²) < 4.78 is 6.79. The zero-order valence-corrected chi connectivity index (χ0v) is 14.3. The summed E-state index contributed by atoms with van der Waals surface area (Å²) in [5, 5.41) is 0. The highest BCUT2D eigenvalue weighted by Gasteiger charge is 2.26. The average molecular weight is 343 g/mol. The van der Waals surface area contributed by atoms with Crippen molar-refractivity contribution in [3.05, 3.63) is 52.2 Å². The van der Waals surface area contributed by atoms with E-state index in [4.69, 9.17) is 4.74 Å². The van der Waals surface area contributed by atoms with Crippen LogP contribution in [0.3, 0.4) is 0 Å². The number of aromatic nitrogens is 2. The monoisotopic (exact) mass is 343 g/mol. The molecule has 0 bridgehead atoms. The fourth-order valence-electron chi connectivity index (χ4n) is 3.00. The number of benzene rings is 1. The number of likely N-dealkylation sites (tertiary alicyclic amines) is 1. The summed E-state index contributed by atoms with van der Waals surface area (Å²) in [6.45, 7) is 4.85. The van der Waals surface area contributed by atoms with Crippen LogP contribution in [0.5, 0.6) is 0 Å². The van der Waals surface area contributed by atoms with E-state index in [1.807, 2.05) is 6.92 Å². The lowest BCUT2D eigenvalue weighted by Crippen LogP contribution is -2.38. The van der Waals surface area contributed by atoms with Gasteiger partial charge in [-0.25, -0.2) is 9.59 Å². The maximum absolute atomic E-state index is 12.2. The van der Waals surface area contributed by atoms with E-state index >= 15 is 0 Å². The summed E-state index contributed by atoms with van der Waals surface area (Å²) in [4.78, 5) is 40.6. The minimum atomic E-state index is -0.806. The lowest BCUT2D eigenvalue weighted by atomic mass is 10.2. The number of carbonyl (C=O) groups excluding carboxylic acids is 2. The number of imidazole rings is 1. The van der Waals surface area contributed by atoms with Gasteiger partial charge in [0.25, 0.3) is 5.91 Å². The van der Waals surface area contributed by atoms with Gasteiger partial charge in [0.05, 0.1) is 11.3 Å². The van der Waals surface area contributed by atoms with Gasteiger partial charge in [-0.3, -0.25) is 9.36 Å². The van der Waals surface area contributed by atoms with Crippen molar-refractivity contribution in [2.45, 2.75) is 32.8 Å². The van der Waals surface area contributed by atoms with E-state index in [2.05, 4.69) is 4.98 Å². The van der Waals surface area contributed by atoms with Gasteiger partial charge in [0, 0.05) is 25.0 Å². The largest absolute Gasteiger partial charge is 0.449 e. The molecule has 1 aromatic heterocycles. The number of rotatable bonds is 4. The van der Waals surface area contributed by atoms with Gasteiger partial charge in [-0.15, -0.1) is 0 Å². The third-order valence-electron chi connectivity index (χ3n) is 4.37. The van der Waals surface area contributed by atoms with Crippen LogP contribution in [0.4, 0.5) is 0 Å². The number of H-pyrrole nitrogens is 1. The van der Waals surface area contributed by atoms with Crippen LogP contribution in [0.2, 0.25) is 0 Å². The summed E-state index contributed by atoms with van der Waals surface area (Å²) >= 11 is 0. The normalized spacial score (nSPS) is 15.2. The third-order valence-corrected chi connectivity index (χ3v) is 4.37. The Balaban J connectivity index is 1.68. The first kappa shape index (κ1) is 17.0. The number of ether oxygens (including phenoxy) is 1. The van der Waals surface area contributed by atoms with E-state index in [9.17, 15) is 14.4 Å². The highest BCUT2D eigenvalue weighted by Crippen LogP contribution is 2.14. The summed E-state index contributed by atoms with van der Waals surface area (Å²) in [6.07, 6.45) is 2.80. The predicted molar refractivity (Wildman–Crippen MR) is 91.8 cm³/mol. The van der Waals surface area contributed by atoms with Crippen molar-refractivity contribution in [2.75, 3.05) is 13.1 Å². The highest BCUT2D eigenvalue weighted by molar-refractivity contribution is 5.92. The lowest BCUT2D eigenvalue weighted by Gasteiger charge is -2.20. The van der Waals surface area contributed by atoms with Crippen LogP contribution in [-0.2, 0) is 9.53 Å². The van der Waals surface area contributed by atoms with Crippen molar-refractivity contribution in [1.82, 2.24) is 14.5 Å². The van der Waals surface area contributed by atoms with Crippen LogP contribution in [0.15, 0.2) is 35.3 Å². The Morgan fingerprint density at radius 2 is 1.80 bits per heavy atom. The predicted octanol–water partition coefficient (Wildman–Crippen LogP) is 1.64. The number of carbonyl (C=O) groups is 2. The summed E-state index contributed by atoms with van der Waals surface area (Å²) in [5.41, 5.74) is 1.52. The number of nitrogens with one attached hydrogen (secondary N) is 1. The molecule has 3 rings (SSSR count). The number of aromatic amines is 1. The number of esters is 1. The van der Waals surface area contributed by atoms with Crippen molar-refractivity contribution >= 4 is 11.9 Å². The van der Waals surface area contributed by atoms with E-state index in [0.717, 1.165) is 31.6 Å². The van der Waals surface area contributed by atoms with Gasteiger partial charge in [0.2, 0.25) is 0 Å². The molecule has 1 aliphatic rings. The van der Waals surface area contributed by atoms with Gasteiger partial charge in [0.15, 0.2) is 6.10 Å². The average Bonchev–Trinajstić information content (AvgIpc) is 3.24. The standard InChI is InChI=1S/C18H21N3O4/c1-12-11-19-18(24)21(12)15-7-5-14(6-8-15)17(23)25-13(2)16(22)20-9-3-4-10-20/h5-8,11,13H,3-4,9-10H2,1-2H3,(H,19,24). The number of aryl methyl sites for hydroxylation is 1. The van der Waals surface area contributed by atoms with Crippen molar-refractivity contribution in [2.24, 2.45) is 0 Å². The molecule has 1 unspecified atom stereocenters.